The third-order valence-electron chi connectivity index (χ3n) is 6.94. The zero-order valence-electron chi connectivity index (χ0n) is 21.6. The summed E-state index contributed by atoms with van der Waals surface area (Å²) in [6, 6.07) is 23.5. The van der Waals surface area contributed by atoms with Crippen molar-refractivity contribution in [3.63, 3.8) is 0 Å². The molecule has 7 heteroatoms. The third kappa shape index (κ3) is 5.67. The Morgan fingerprint density at radius 2 is 1.71 bits per heavy atom. The highest BCUT2D eigenvalue weighted by Crippen LogP contribution is 2.41. The molecule has 0 radical (unpaired) electrons. The molecule has 1 heterocycles. The molecule has 2 N–H and O–H groups in total. The molecule has 1 aliphatic carbocycles. The van der Waals surface area contributed by atoms with E-state index in [4.69, 9.17) is 4.98 Å². The standard InChI is InChI=1S/C31H31FN4O2/c1-36(2)31(38)33-19-26-25(18-28(37)35-29(21-15-16-21)22-11-8-12-23(32)17-22)24-13-6-7-14-27(24)34-30(26)20-9-4-3-5-10-20/h3-14,17,21,29H,15-16,18-19H2,1-2H3,(H,33,38)(H,35,37)/t29-/m0/s1. The fourth-order valence-corrected chi connectivity index (χ4v) is 4.86. The Bertz CT molecular complexity index is 1470. The molecule has 1 aromatic heterocycles. The highest BCUT2D eigenvalue weighted by atomic mass is 19.1. The molecule has 0 bridgehead atoms. The summed E-state index contributed by atoms with van der Waals surface area (Å²) >= 11 is 0. The van der Waals surface area contributed by atoms with E-state index in [1.165, 1.54) is 17.0 Å². The first-order valence-corrected chi connectivity index (χ1v) is 12.9. The molecule has 0 spiro atoms. The zero-order chi connectivity index (χ0) is 26.6. The van der Waals surface area contributed by atoms with Crippen LogP contribution >= 0.6 is 0 Å². The Morgan fingerprint density at radius 3 is 2.42 bits per heavy atom. The number of nitrogens with one attached hydrogen (secondary N) is 2. The number of carbonyl (C=O) groups is 2. The fraction of sp³-hybridized carbons (Fsp3) is 0.258. The molecule has 1 saturated carbocycles. The Kier molecular flexibility index (Phi) is 7.36. The maximum atomic E-state index is 14.0. The molecule has 6 nitrogen and oxygen atoms in total. The van der Waals surface area contributed by atoms with E-state index in [0.29, 0.717) is 5.92 Å². The molecular formula is C31H31FN4O2. The van der Waals surface area contributed by atoms with E-state index >= 15 is 0 Å². The summed E-state index contributed by atoms with van der Waals surface area (Å²) in [5, 5.41) is 7.01. The second-order valence-corrected chi connectivity index (χ2v) is 9.97. The van der Waals surface area contributed by atoms with Crippen LogP contribution in [0.15, 0.2) is 78.9 Å². The van der Waals surface area contributed by atoms with Crippen molar-refractivity contribution in [2.75, 3.05) is 14.1 Å². The van der Waals surface area contributed by atoms with Crippen LogP contribution in [0.5, 0.6) is 0 Å². The van der Waals surface area contributed by atoms with E-state index in [1.807, 2.05) is 60.7 Å². The molecule has 1 fully saturated rings. The number of para-hydroxylation sites is 1. The number of urea groups is 1. The quantitative estimate of drug-likeness (QED) is 0.323. The van der Waals surface area contributed by atoms with Gasteiger partial charge in [-0.25, -0.2) is 14.2 Å². The Morgan fingerprint density at radius 1 is 0.974 bits per heavy atom. The second kappa shape index (κ2) is 11.0. The first kappa shape index (κ1) is 25.4. The van der Waals surface area contributed by atoms with Crippen molar-refractivity contribution in [3.05, 3.63) is 101 Å². The molecule has 3 amide bonds. The number of nitrogens with zero attached hydrogens (tertiary/aromatic N) is 2. The number of rotatable bonds is 8. The van der Waals surface area contributed by atoms with Crippen molar-refractivity contribution in [1.29, 1.82) is 0 Å². The van der Waals surface area contributed by atoms with Crippen LogP contribution in [0.3, 0.4) is 0 Å². The highest BCUT2D eigenvalue weighted by Gasteiger charge is 2.34. The summed E-state index contributed by atoms with van der Waals surface area (Å²) in [5.74, 6) is -0.163. The number of aromatic nitrogens is 1. The van der Waals surface area contributed by atoms with Crippen LogP contribution < -0.4 is 10.6 Å². The minimum absolute atomic E-state index is 0.106. The van der Waals surface area contributed by atoms with Gasteiger partial charge in [-0.05, 0) is 48.1 Å². The van der Waals surface area contributed by atoms with Crippen LogP contribution in [0.4, 0.5) is 9.18 Å². The van der Waals surface area contributed by atoms with Gasteiger partial charge in [0.2, 0.25) is 5.91 Å². The van der Waals surface area contributed by atoms with Crippen LogP contribution in [0.2, 0.25) is 0 Å². The number of fused-ring (bicyclic) bond motifs is 1. The smallest absolute Gasteiger partial charge is 0.317 e. The van der Waals surface area contributed by atoms with E-state index in [1.54, 1.807) is 20.2 Å². The first-order valence-electron chi connectivity index (χ1n) is 12.9. The fourth-order valence-electron chi connectivity index (χ4n) is 4.86. The van der Waals surface area contributed by atoms with Gasteiger partial charge in [0.15, 0.2) is 0 Å². The summed E-state index contributed by atoms with van der Waals surface area (Å²) in [4.78, 5) is 32.5. The molecule has 4 aromatic rings. The maximum absolute atomic E-state index is 14.0. The number of halogens is 1. The van der Waals surface area contributed by atoms with Crippen LogP contribution in [-0.2, 0) is 17.8 Å². The lowest BCUT2D eigenvalue weighted by Crippen LogP contribution is -2.35. The molecule has 38 heavy (non-hydrogen) atoms. The predicted molar refractivity (Wildman–Crippen MR) is 147 cm³/mol. The van der Waals surface area contributed by atoms with Crippen LogP contribution in [0.1, 0.15) is 35.6 Å². The van der Waals surface area contributed by atoms with Gasteiger partial charge < -0.3 is 15.5 Å². The average molecular weight is 511 g/mol. The minimum atomic E-state index is -0.311. The molecule has 0 aliphatic heterocycles. The van der Waals surface area contributed by atoms with Crippen molar-refractivity contribution in [1.82, 2.24) is 20.5 Å². The van der Waals surface area contributed by atoms with Gasteiger partial charge in [-0.2, -0.15) is 0 Å². The monoisotopic (exact) mass is 510 g/mol. The van der Waals surface area contributed by atoms with Crippen LogP contribution in [0.25, 0.3) is 22.2 Å². The lowest BCUT2D eigenvalue weighted by molar-refractivity contribution is -0.121. The van der Waals surface area contributed by atoms with E-state index in [0.717, 1.165) is 51.7 Å². The Hall–Kier alpha value is -4.26. The molecule has 3 aromatic carbocycles. The van der Waals surface area contributed by atoms with Gasteiger partial charge in [-0.3, -0.25) is 4.79 Å². The SMILES string of the molecule is CN(C)C(=O)NCc1c(-c2ccccc2)nc2ccccc2c1CC(=O)N[C@H](c1cccc(F)c1)C1CC1. The van der Waals surface area contributed by atoms with Crippen molar-refractivity contribution < 1.29 is 14.0 Å². The first-order chi connectivity index (χ1) is 18.4. The summed E-state index contributed by atoms with van der Waals surface area (Å²) in [5.41, 5.74) is 4.82. The zero-order valence-corrected chi connectivity index (χ0v) is 21.6. The van der Waals surface area contributed by atoms with Crippen molar-refractivity contribution in [3.8, 4) is 11.3 Å². The number of hydrogen-bond acceptors (Lipinski definition) is 3. The molecule has 0 saturated heterocycles. The summed E-state index contributed by atoms with van der Waals surface area (Å²) in [7, 11) is 3.37. The van der Waals surface area contributed by atoms with Gasteiger partial charge in [0.1, 0.15) is 5.82 Å². The average Bonchev–Trinajstić information content (AvgIpc) is 3.76. The van der Waals surface area contributed by atoms with Gasteiger partial charge in [0.05, 0.1) is 23.7 Å². The molecule has 194 valence electrons. The molecule has 0 unspecified atom stereocenters. The minimum Gasteiger partial charge on any atom is -0.349 e. The van der Waals surface area contributed by atoms with Crippen molar-refractivity contribution in [2.24, 2.45) is 5.92 Å². The van der Waals surface area contributed by atoms with E-state index in [9.17, 15) is 14.0 Å². The Balaban J connectivity index is 1.54. The normalized spacial score (nSPS) is 13.7. The van der Waals surface area contributed by atoms with E-state index in [-0.39, 0.29) is 36.8 Å². The largest absolute Gasteiger partial charge is 0.349 e. The van der Waals surface area contributed by atoms with Gasteiger partial charge in [-0.1, -0.05) is 60.7 Å². The topological polar surface area (TPSA) is 74.3 Å². The summed E-state index contributed by atoms with van der Waals surface area (Å²) in [6.45, 7) is 0.220. The molecule has 5 rings (SSSR count). The van der Waals surface area contributed by atoms with Gasteiger partial charge in [-0.15, -0.1) is 0 Å². The highest BCUT2D eigenvalue weighted by molar-refractivity contribution is 5.92. The molecular weight excluding hydrogens is 479 g/mol. The lowest BCUT2D eigenvalue weighted by Gasteiger charge is -2.22. The number of pyridine rings is 1. The number of carbonyl (C=O) groups excluding carboxylic acids is 2. The van der Waals surface area contributed by atoms with E-state index < -0.39 is 0 Å². The van der Waals surface area contributed by atoms with Crippen molar-refractivity contribution in [2.45, 2.75) is 31.8 Å². The predicted octanol–water partition coefficient (Wildman–Crippen LogP) is 5.62. The summed E-state index contributed by atoms with van der Waals surface area (Å²) < 4.78 is 14.0. The van der Waals surface area contributed by atoms with Crippen LogP contribution in [0, 0.1) is 11.7 Å². The van der Waals surface area contributed by atoms with Crippen molar-refractivity contribution >= 4 is 22.8 Å². The van der Waals surface area contributed by atoms with Gasteiger partial charge in [0, 0.05) is 37.2 Å². The van der Waals surface area contributed by atoms with Gasteiger partial charge >= 0.3 is 6.03 Å². The molecule has 1 atom stereocenters. The number of benzene rings is 3. The van der Waals surface area contributed by atoms with Crippen LogP contribution in [-0.4, -0.2) is 35.9 Å². The number of hydrogen-bond donors (Lipinski definition) is 2. The third-order valence-corrected chi connectivity index (χ3v) is 6.94. The summed E-state index contributed by atoms with van der Waals surface area (Å²) in [6.07, 6.45) is 2.10. The van der Waals surface area contributed by atoms with Gasteiger partial charge in [0.25, 0.3) is 0 Å². The maximum Gasteiger partial charge on any atom is 0.317 e. The molecule has 1 aliphatic rings. The second-order valence-electron chi connectivity index (χ2n) is 9.97. The number of amides is 3. The van der Waals surface area contributed by atoms with E-state index in [2.05, 4.69) is 10.6 Å². The Labute approximate surface area is 221 Å². The lowest BCUT2D eigenvalue weighted by atomic mass is 9.94.